The van der Waals surface area contributed by atoms with E-state index in [1.54, 1.807) is 32.6 Å². The minimum Gasteiger partial charge on any atom is -0.444 e. The second-order valence-electron chi connectivity index (χ2n) is 13.3. The van der Waals surface area contributed by atoms with Crippen LogP contribution in [0.4, 0.5) is 4.79 Å². The van der Waals surface area contributed by atoms with Crippen molar-refractivity contribution >= 4 is 33.8 Å². The van der Waals surface area contributed by atoms with Crippen LogP contribution in [0.5, 0.6) is 0 Å². The van der Waals surface area contributed by atoms with Gasteiger partial charge in [0.2, 0.25) is 27.7 Å². The highest BCUT2D eigenvalue weighted by Crippen LogP contribution is 2.35. The molecule has 2 fully saturated rings. The molecule has 0 aliphatic carbocycles. The van der Waals surface area contributed by atoms with Gasteiger partial charge in [0.1, 0.15) is 23.7 Å². The van der Waals surface area contributed by atoms with Crippen molar-refractivity contribution in [2.45, 2.75) is 95.6 Å². The number of benzene rings is 2. The first-order chi connectivity index (χ1) is 22.2. The molecule has 2 aromatic carbocycles. The van der Waals surface area contributed by atoms with Crippen molar-refractivity contribution in [1.29, 1.82) is 0 Å². The van der Waals surface area contributed by atoms with Crippen LogP contribution in [0.1, 0.15) is 77.0 Å². The summed E-state index contributed by atoms with van der Waals surface area (Å²) in [5.41, 5.74) is 1.01. The van der Waals surface area contributed by atoms with Gasteiger partial charge in [-0.1, -0.05) is 67.6 Å². The predicted molar refractivity (Wildman–Crippen MR) is 177 cm³/mol. The third-order valence-corrected chi connectivity index (χ3v) is 9.23. The molecule has 2 aromatic rings. The van der Waals surface area contributed by atoms with Gasteiger partial charge in [0, 0.05) is 18.5 Å². The Kier molecular flexibility index (Phi) is 11.7. The number of nitrogens with one attached hydrogen (secondary N) is 4. The summed E-state index contributed by atoms with van der Waals surface area (Å²) < 4.78 is 31.9. The van der Waals surface area contributed by atoms with Gasteiger partial charge >= 0.3 is 6.09 Å². The lowest BCUT2D eigenvalue weighted by Gasteiger charge is -2.33. The average molecular weight is 670 g/mol. The third-order valence-electron chi connectivity index (χ3n) is 8.54. The Hall–Kier alpha value is -3.97. The van der Waals surface area contributed by atoms with Gasteiger partial charge in [0.15, 0.2) is 0 Å². The molecule has 0 bridgehead atoms. The number of alkyl carbamates (subject to hydrolysis) is 1. The standard InChI is InChI=1S/C34H47N5O7S/c1-6-26(36-33(43)46-34(2,3)4)30(40)38-29-24(21-35-47(5,44)45)17-18-25-19-20-27(39(25)32(29)42)31(41)37-28(22-13-9-7-10-14-22)23-15-11-8-12-16-23/h7-16,24-29,35H,6,17-21H2,1-5H3,(H,36,43)(H,37,41)(H,38,40)/t24?,25?,26-,27?,29?/m0/s1. The molecule has 0 aromatic heterocycles. The van der Waals surface area contributed by atoms with Crippen molar-refractivity contribution in [2.75, 3.05) is 12.8 Å². The fourth-order valence-corrected chi connectivity index (χ4v) is 6.81. The molecule has 0 radical (unpaired) electrons. The predicted octanol–water partition coefficient (Wildman–Crippen LogP) is 3.00. The molecule has 0 spiro atoms. The smallest absolute Gasteiger partial charge is 0.408 e. The van der Waals surface area contributed by atoms with E-state index in [9.17, 15) is 27.6 Å². The zero-order valence-electron chi connectivity index (χ0n) is 27.7. The molecule has 256 valence electrons. The lowest BCUT2D eigenvalue weighted by molar-refractivity contribution is -0.143. The number of hydrogen-bond acceptors (Lipinski definition) is 7. The molecule has 2 aliphatic rings. The van der Waals surface area contributed by atoms with E-state index in [0.717, 1.165) is 17.4 Å². The molecular formula is C34H47N5O7S. The monoisotopic (exact) mass is 669 g/mol. The number of carbonyl (C=O) groups excluding carboxylic acids is 4. The number of ether oxygens (including phenoxy) is 1. The Labute approximate surface area is 277 Å². The highest BCUT2D eigenvalue weighted by molar-refractivity contribution is 7.88. The first-order valence-electron chi connectivity index (χ1n) is 16.1. The number of amides is 4. The van der Waals surface area contributed by atoms with Crippen LogP contribution in [-0.4, -0.2) is 79.7 Å². The lowest BCUT2D eigenvalue weighted by atomic mass is 9.93. The fourth-order valence-electron chi connectivity index (χ4n) is 6.30. The highest BCUT2D eigenvalue weighted by Gasteiger charge is 2.48. The Bertz CT molecular complexity index is 1470. The van der Waals surface area contributed by atoms with Crippen LogP contribution in [0.15, 0.2) is 60.7 Å². The maximum absolute atomic E-state index is 14.4. The quantitative estimate of drug-likeness (QED) is 0.286. The van der Waals surface area contributed by atoms with Crippen LogP contribution in [-0.2, 0) is 29.1 Å². The van der Waals surface area contributed by atoms with Crippen molar-refractivity contribution in [1.82, 2.24) is 25.6 Å². The number of rotatable bonds is 11. The Morgan fingerprint density at radius 2 is 1.49 bits per heavy atom. The summed E-state index contributed by atoms with van der Waals surface area (Å²) in [6, 6.07) is 15.5. The Morgan fingerprint density at radius 1 is 0.915 bits per heavy atom. The van der Waals surface area contributed by atoms with Crippen LogP contribution in [0.3, 0.4) is 0 Å². The zero-order valence-corrected chi connectivity index (χ0v) is 28.5. The van der Waals surface area contributed by atoms with Crippen molar-refractivity contribution in [3.05, 3.63) is 71.8 Å². The maximum atomic E-state index is 14.4. The summed E-state index contributed by atoms with van der Waals surface area (Å²) in [4.78, 5) is 56.0. The van der Waals surface area contributed by atoms with Gasteiger partial charge in [0.25, 0.3) is 0 Å². The fraction of sp³-hybridized carbons (Fsp3) is 0.529. The minimum atomic E-state index is -3.59. The Balaban J connectivity index is 1.59. The van der Waals surface area contributed by atoms with E-state index >= 15 is 0 Å². The molecule has 4 unspecified atom stereocenters. The van der Waals surface area contributed by atoms with E-state index in [1.165, 1.54) is 0 Å². The average Bonchev–Trinajstić information content (AvgIpc) is 3.39. The van der Waals surface area contributed by atoms with Crippen molar-refractivity contribution in [3.8, 4) is 0 Å². The number of fused-ring (bicyclic) bond motifs is 1. The second kappa shape index (κ2) is 15.3. The topological polar surface area (TPSA) is 163 Å². The summed E-state index contributed by atoms with van der Waals surface area (Å²) in [5, 5.41) is 8.55. The molecule has 4 amide bonds. The largest absolute Gasteiger partial charge is 0.444 e. The van der Waals surface area contributed by atoms with Crippen molar-refractivity contribution < 1.29 is 32.3 Å². The summed E-state index contributed by atoms with van der Waals surface area (Å²) in [6.07, 6.45) is 2.48. The van der Waals surface area contributed by atoms with E-state index in [4.69, 9.17) is 4.74 Å². The van der Waals surface area contributed by atoms with Gasteiger partial charge in [-0.15, -0.1) is 0 Å². The second-order valence-corrected chi connectivity index (χ2v) is 15.1. The molecular weight excluding hydrogens is 622 g/mol. The molecule has 0 saturated carbocycles. The number of hydrogen-bond donors (Lipinski definition) is 4. The molecule has 5 atom stereocenters. The van der Waals surface area contributed by atoms with Crippen LogP contribution in [0.25, 0.3) is 0 Å². The van der Waals surface area contributed by atoms with Crippen LogP contribution in [0, 0.1) is 5.92 Å². The summed E-state index contributed by atoms with van der Waals surface area (Å²) in [5.74, 6) is -1.96. The SMILES string of the molecule is CC[C@H](NC(=O)OC(C)(C)C)C(=O)NC1C(=O)N2C(CCC1CNS(C)(=O)=O)CCC2C(=O)NC(c1ccccc1)c1ccccc1. The van der Waals surface area contributed by atoms with Gasteiger partial charge in [0.05, 0.1) is 12.3 Å². The summed E-state index contributed by atoms with van der Waals surface area (Å²) >= 11 is 0. The summed E-state index contributed by atoms with van der Waals surface area (Å²) in [7, 11) is -3.59. The van der Waals surface area contributed by atoms with E-state index in [-0.39, 0.29) is 24.9 Å². The minimum absolute atomic E-state index is 0.0761. The molecule has 2 saturated heterocycles. The highest BCUT2D eigenvalue weighted by atomic mass is 32.2. The third kappa shape index (κ3) is 9.77. The van der Waals surface area contributed by atoms with Gasteiger partial charge in [-0.05, 0) is 64.0 Å². The van der Waals surface area contributed by atoms with Gasteiger partial charge < -0.3 is 25.6 Å². The van der Waals surface area contributed by atoms with Crippen LogP contribution < -0.4 is 20.7 Å². The van der Waals surface area contributed by atoms with Crippen LogP contribution in [0.2, 0.25) is 0 Å². The molecule has 2 aliphatic heterocycles. The first-order valence-corrected chi connectivity index (χ1v) is 18.0. The lowest BCUT2D eigenvalue weighted by Crippen LogP contribution is -2.59. The van der Waals surface area contributed by atoms with Crippen molar-refractivity contribution in [3.63, 3.8) is 0 Å². The van der Waals surface area contributed by atoms with E-state index in [2.05, 4.69) is 20.7 Å². The normalized spacial score (nSPS) is 22.2. The van der Waals surface area contributed by atoms with Gasteiger partial charge in [-0.2, -0.15) is 0 Å². The first kappa shape index (κ1) is 35.9. The number of sulfonamides is 1. The van der Waals surface area contributed by atoms with Gasteiger partial charge in [-0.3, -0.25) is 14.4 Å². The molecule has 47 heavy (non-hydrogen) atoms. The zero-order chi connectivity index (χ0) is 34.4. The molecule has 4 rings (SSSR count). The molecule has 2 heterocycles. The van der Waals surface area contributed by atoms with Gasteiger partial charge in [-0.25, -0.2) is 17.9 Å². The molecule has 4 N–H and O–H groups in total. The van der Waals surface area contributed by atoms with Crippen molar-refractivity contribution in [2.24, 2.45) is 5.92 Å². The summed E-state index contributed by atoms with van der Waals surface area (Å²) in [6.45, 7) is 6.76. The molecule has 13 heteroatoms. The number of nitrogens with zero attached hydrogens (tertiary/aromatic N) is 1. The van der Waals surface area contributed by atoms with E-state index in [0.29, 0.717) is 25.7 Å². The maximum Gasteiger partial charge on any atom is 0.408 e. The van der Waals surface area contributed by atoms with Crippen LogP contribution >= 0.6 is 0 Å². The van der Waals surface area contributed by atoms with E-state index < -0.39 is 63.6 Å². The number of carbonyl (C=O) groups is 4. The molecule has 12 nitrogen and oxygen atoms in total. The van der Waals surface area contributed by atoms with E-state index in [1.807, 2.05) is 60.7 Å². The Morgan fingerprint density at radius 3 is 2.02 bits per heavy atom.